The summed E-state index contributed by atoms with van der Waals surface area (Å²) in [6.45, 7) is 15.8. The minimum Gasteiger partial charge on any atom is -0.0856 e. The Labute approximate surface area is 267 Å². The van der Waals surface area contributed by atoms with Crippen molar-refractivity contribution in [1.29, 1.82) is 0 Å². The highest BCUT2D eigenvalue weighted by Crippen LogP contribution is 2.23. The maximum atomic E-state index is 2.56. The van der Waals surface area contributed by atoms with Gasteiger partial charge in [-0.25, -0.2) is 0 Å². The van der Waals surface area contributed by atoms with Gasteiger partial charge in [0.2, 0.25) is 0 Å². The van der Waals surface area contributed by atoms with Gasteiger partial charge in [-0.05, 0) is 92.4 Å². The first-order chi connectivity index (χ1) is 20.3. The van der Waals surface area contributed by atoms with E-state index in [-0.39, 0.29) is 0 Å². The standard InChI is InChI=1S/C42H78/c1-8-9-10-11-12-13-14-15-16-17-18-19-20-21-22-23-24-25-26-33-42(36-34-40(6)31-27-29-38(2)3)37-35-41(7)32-28-30-39(4)5/h29-30,34-35,42H,8-28,31-33,36-37H2,1-7H3/b40-34+,41-35+. The Bertz CT molecular complexity index is 652. The van der Waals surface area contributed by atoms with E-state index in [9.17, 15) is 0 Å². The predicted octanol–water partition coefficient (Wildman–Crippen LogP) is 15.6. The van der Waals surface area contributed by atoms with Crippen LogP contribution < -0.4 is 0 Å². The summed E-state index contributed by atoms with van der Waals surface area (Å²) in [6.07, 6.45) is 46.3. The van der Waals surface area contributed by atoms with Gasteiger partial charge in [-0.15, -0.1) is 0 Å². The number of rotatable bonds is 30. The molecule has 0 rings (SSSR count). The van der Waals surface area contributed by atoms with Crippen molar-refractivity contribution in [3.63, 3.8) is 0 Å². The molecule has 0 aliphatic rings. The lowest BCUT2D eigenvalue weighted by molar-refractivity contribution is 0.454. The fourth-order valence-electron chi connectivity index (χ4n) is 5.96. The van der Waals surface area contributed by atoms with Gasteiger partial charge < -0.3 is 0 Å². The minimum atomic E-state index is 0.813. The predicted molar refractivity (Wildman–Crippen MR) is 196 cm³/mol. The fraction of sp³-hybridized carbons (Fsp3) is 0.810. The first-order valence-electron chi connectivity index (χ1n) is 18.9. The second-order valence-electron chi connectivity index (χ2n) is 14.2. The van der Waals surface area contributed by atoms with Gasteiger partial charge in [-0.2, -0.15) is 0 Å². The lowest BCUT2D eigenvalue weighted by Crippen LogP contribution is -1.99. The van der Waals surface area contributed by atoms with Crippen LogP contribution in [0, 0.1) is 5.92 Å². The summed E-state index contributed by atoms with van der Waals surface area (Å²) in [7, 11) is 0. The highest BCUT2D eigenvalue weighted by atomic mass is 14.1. The van der Waals surface area contributed by atoms with E-state index in [1.54, 1.807) is 11.1 Å². The van der Waals surface area contributed by atoms with Crippen LogP contribution in [0.25, 0.3) is 0 Å². The van der Waals surface area contributed by atoms with Crippen molar-refractivity contribution >= 4 is 0 Å². The summed E-state index contributed by atoms with van der Waals surface area (Å²) in [5.74, 6) is 0.813. The van der Waals surface area contributed by atoms with Gasteiger partial charge >= 0.3 is 0 Å². The van der Waals surface area contributed by atoms with Gasteiger partial charge in [0, 0.05) is 0 Å². The summed E-state index contributed by atoms with van der Waals surface area (Å²) in [5, 5.41) is 0. The molecule has 0 bridgehead atoms. The van der Waals surface area contributed by atoms with Gasteiger partial charge in [0.05, 0.1) is 0 Å². The monoisotopic (exact) mass is 583 g/mol. The third-order valence-corrected chi connectivity index (χ3v) is 9.00. The van der Waals surface area contributed by atoms with Crippen molar-refractivity contribution in [2.45, 2.75) is 215 Å². The van der Waals surface area contributed by atoms with E-state index in [4.69, 9.17) is 0 Å². The van der Waals surface area contributed by atoms with Gasteiger partial charge in [0.15, 0.2) is 0 Å². The maximum absolute atomic E-state index is 2.56. The highest BCUT2D eigenvalue weighted by Gasteiger charge is 2.07. The van der Waals surface area contributed by atoms with Crippen molar-refractivity contribution in [3.05, 3.63) is 46.6 Å². The van der Waals surface area contributed by atoms with E-state index < -0.39 is 0 Å². The second-order valence-corrected chi connectivity index (χ2v) is 14.2. The molecule has 0 aromatic rings. The molecule has 0 unspecified atom stereocenters. The molecule has 42 heavy (non-hydrogen) atoms. The Morgan fingerprint density at radius 2 is 0.714 bits per heavy atom. The lowest BCUT2D eigenvalue weighted by Gasteiger charge is -2.15. The number of unbranched alkanes of at least 4 members (excludes halogenated alkanes) is 18. The molecule has 0 aliphatic heterocycles. The van der Waals surface area contributed by atoms with E-state index in [2.05, 4.69) is 72.8 Å². The quantitative estimate of drug-likeness (QED) is 0.0583. The molecular weight excluding hydrogens is 504 g/mol. The van der Waals surface area contributed by atoms with Crippen molar-refractivity contribution in [3.8, 4) is 0 Å². The molecule has 0 heteroatoms. The summed E-state index contributed by atoms with van der Waals surface area (Å²) < 4.78 is 0. The molecule has 0 N–H and O–H groups in total. The van der Waals surface area contributed by atoms with Crippen LogP contribution in [0.15, 0.2) is 46.6 Å². The summed E-state index contributed by atoms with van der Waals surface area (Å²) in [6, 6.07) is 0. The van der Waals surface area contributed by atoms with Gasteiger partial charge in [0.1, 0.15) is 0 Å². The molecule has 0 aliphatic carbocycles. The minimum absolute atomic E-state index is 0.813. The smallest absolute Gasteiger partial charge is 0.0288 e. The molecule has 246 valence electrons. The lowest BCUT2D eigenvalue weighted by atomic mass is 9.91. The summed E-state index contributed by atoms with van der Waals surface area (Å²) in [4.78, 5) is 0. The van der Waals surface area contributed by atoms with Crippen LogP contribution in [0.3, 0.4) is 0 Å². The molecule has 0 amide bonds. The Morgan fingerprint density at radius 1 is 0.405 bits per heavy atom. The van der Waals surface area contributed by atoms with Gasteiger partial charge in [0.25, 0.3) is 0 Å². The highest BCUT2D eigenvalue weighted by molar-refractivity contribution is 5.05. The molecule has 0 aromatic heterocycles. The van der Waals surface area contributed by atoms with Crippen LogP contribution in [0.2, 0.25) is 0 Å². The average Bonchev–Trinajstić information content (AvgIpc) is 2.94. The third kappa shape index (κ3) is 31.9. The molecule has 0 spiro atoms. The zero-order valence-electron chi connectivity index (χ0n) is 30.3. The molecule has 0 aromatic carbocycles. The number of hydrogen-bond donors (Lipinski definition) is 0. The molecule has 0 radical (unpaired) electrons. The Kier molecular flexibility index (Phi) is 30.6. The van der Waals surface area contributed by atoms with E-state index in [0.717, 1.165) is 5.92 Å². The molecule has 0 nitrogen and oxygen atoms in total. The number of hydrogen-bond acceptors (Lipinski definition) is 0. The molecule has 0 saturated heterocycles. The first-order valence-corrected chi connectivity index (χ1v) is 18.9. The molecule has 0 atom stereocenters. The van der Waals surface area contributed by atoms with Crippen molar-refractivity contribution in [1.82, 2.24) is 0 Å². The van der Waals surface area contributed by atoms with Gasteiger partial charge in [-0.3, -0.25) is 0 Å². The Balaban J connectivity index is 4.04. The summed E-state index contributed by atoms with van der Waals surface area (Å²) >= 11 is 0. The molecule has 0 saturated carbocycles. The zero-order chi connectivity index (χ0) is 31.1. The average molecular weight is 583 g/mol. The molecule has 0 fully saturated rings. The van der Waals surface area contributed by atoms with Crippen LogP contribution in [0.1, 0.15) is 215 Å². The zero-order valence-corrected chi connectivity index (χ0v) is 30.3. The summed E-state index contributed by atoms with van der Waals surface area (Å²) in [5.41, 5.74) is 6.04. The van der Waals surface area contributed by atoms with E-state index in [0.29, 0.717) is 0 Å². The van der Waals surface area contributed by atoms with Crippen molar-refractivity contribution in [2.75, 3.05) is 0 Å². The van der Waals surface area contributed by atoms with E-state index >= 15 is 0 Å². The van der Waals surface area contributed by atoms with Crippen molar-refractivity contribution < 1.29 is 0 Å². The van der Waals surface area contributed by atoms with Crippen LogP contribution in [0.5, 0.6) is 0 Å². The fourth-order valence-corrected chi connectivity index (χ4v) is 5.96. The van der Waals surface area contributed by atoms with E-state index in [1.807, 2.05) is 0 Å². The second kappa shape index (κ2) is 31.4. The van der Waals surface area contributed by atoms with Crippen LogP contribution in [0.4, 0.5) is 0 Å². The van der Waals surface area contributed by atoms with Crippen LogP contribution in [-0.2, 0) is 0 Å². The molecule has 0 heterocycles. The van der Waals surface area contributed by atoms with Crippen LogP contribution in [-0.4, -0.2) is 0 Å². The van der Waals surface area contributed by atoms with E-state index in [1.165, 1.54) is 178 Å². The third-order valence-electron chi connectivity index (χ3n) is 9.00. The largest absolute Gasteiger partial charge is 0.0856 e. The Hall–Kier alpha value is -1.04. The van der Waals surface area contributed by atoms with Crippen LogP contribution >= 0.6 is 0 Å². The topological polar surface area (TPSA) is 0 Å². The maximum Gasteiger partial charge on any atom is -0.0288 e. The SMILES string of the molecule is CCCCCCCCCCCCCCCCCCCCCC(C/C=C(\C)CCC=C(C)C)C/C=C(\C)CCC=C(C)C. The Morgan fingerprint density at radius 3 is 1.02 bits per heavy atom. The number of allylic oxidation sites excluding steroid dienone is 8. The van der Waals surface area contributed by atoms with Gasteiger partial charge in [-0.1, -0.05) is 176 Å². The van der Waals surface area contributed by atoms with Crippen molar-refractivity contribution in [2.24, 2.45) is 5.92 Å². The first kappa shape index (κ1) is 41.0. The normalized spacial score (nSPS) is 12.3. The molecular formula is C42H78.